The molecule has 13 heteroatoms. The number of benzene rings is 2. The molecule has 4 N–H and O–H groups in total. The average Bonchev–Trinajstić information content (AvgIpc) is 3.42. The fourth-order valence-electron chi connectivity index (χ4n) is 5.84. The molecule has 2 aromatic carbocycles. The number of aromatic nitrogens is 2. The number of hydrogen-bond donors (Lipinski definition) is 2. The first-order valence-corrected chi connectivity index (χ1v) is 20.1. The number of nitrogens with two attached hydrogens (primary N) is 2. The van der Waals surface area contributed by atoms with Gasteiger partial charge in [-0.25, -0.2) is 15.1 Å². The van der Waals surface area contributed by atoms with Gasteiger partial charge in [-0.2, -0.15) is 10.1 Å². The van der Waals surface area contributed by atoms with E-state index in [-0.39, 0.29) is 23.8 Å². The monoisotopic (exact) mass is 683 g/mol. The Bertz CT molecular complexity index is 1790. The van der Waals surface area contributed by atoms with E-state index in [2.05, 4.69) is 34.7 Å². The highest BCUT2D eigenvalue weighted by molar-refractivity contribution is 6.76. The maximum absolute atomic E-state index is 13.8. The molecule has 0 bridgehead atoms. The van der Waals surface area contributed by atoms with E-state index in [1.165, 1.54) is 16.1 Å². The zero-order valence-corrected chi connectivity index (χ0v) is 29.8. The molecule has 49 heavy (non-hydrogen) atoms. The summed E-state index contributed by atoms with van der Waals surface area (Å²) in [5.41, 5.74) is 16.6. The summed E-state index contributed by atoms with van der Waals surface area (Å²) in [4.78, 5) is 40.7. The highest BCUT2D eigenvalue weighted by Gasteiger charge is 2.30. The fraction of sp³-hybridized carbons (Fsp3) is 0.361. The lowest BCUT2D eigenvalue weighted by atomic mass is 9.94. The molecule has 2 aliphatic heterocycles. The summed E-state index contributed by atoms with van der Waals surface area (Å²) in [6.07, 6.45) is 10.7. The third kappa shape index (κ3) is 8.72. The summed E-state index contributed by atoms with van der Waals surface area (Å²) in [6, 6.07) is 12.3. The predicted molar refractivity (Wildman–Crippen MR) is 194 cm³/mol. The number of rotatable bonds is 13. The number of carbonyl (C=O) groups excluding carboxylic acids is 2. The van der Waals surface area contributed by atoms with Gasteiger partial charge < -0.3 is 20.9 Å². The number of ether oxygens (including phenoxy) is 2. The summed E-state index contributed by atoms with van der Waals surface area (Å²) in [7, 11) is 1.84. The summed E-state index contributed by atoms with van der Waals surface area (Å²) in [5, 5.41) is 7.55. The van der Waals surface area contributed by atoms with Gasteiger partial charge in [0.1, 0.15) is 5.82 Å². The van der Waals surface area contributed by atoms with Gasteiger partial charge in [0.05, 0.1) is 39.6 Å². The van der Waals surface area contributed by atoms with Crippen LogP contribution in [0, 0.1) is 0 Å². The first-order chi connectivity index (χ1) is 23.5. The van der Waals surface area contributed by atoms with Crippen molar-refractivity contribution in [2.24, 2.45) is 5.10 Å². The zero-order chi connectivity index (χ0) is 35.1. The Kier molecular flexibility index (Phi) is 11.1. The van der Waals surface area contributed by atoms with E-state index in [0.717, 1.165) is 28.3 Å². The number of hydroxylamine groups is 2. The van der Waals surface area contributed by atoms with Crippen LogP contribution in [-0.4, -0.2) is 73.5 Å². The van der Waals surface area contributed by atoms with Crippen molar-refractivity contribution in [2.45, 2.75) is 57.4 Å². The van der Waals surface area contributed by atoms with E-state index in [4.69, 9.17) is 25.8 Å². The molecule has 258 valence electrons. The smallest absolute Gasteiger partial charge is 0.273 e. The van der Waals surface area contributed by atoms with Crippen LogP contribution in [0.15, 0.2) is 65.4 Å². The van der Waals surface area contributed by atoms with Gasteiger partial charge in [0.15, 0.2) is 11.5 Å². The molecule has 0 aliphatic carbocycles. The largest absolute Gasteiger partial charge is 0.493 e. The Labute approximate surface area is 288 Å². The summed E-state index contributed by atoms with van der Waals surface area (Å²) >= 11 is 0. The van der Waals surface area contributed by atoms with E-state index in [1.54, 1.807) is 32.7 Å². The number of nitrogens with zero attached hydrogens (tertiary/aromatic N) is 5. The lowest BCUT2D eigenvalue weighted by Gasteiger charge is -2.31. The molecular weight excluding hydrogens is 639 g/mol. The van der Waals surface area contributed by atoms with Crippen LogP contribution in [0.4, 0.5) is 11.8 Å². The quantitative estimate of drug-likeness (QED) is 0.178. The van der Waals surface area contributed by atoms with Gasteiger partial charge in [0, 0.05) is 43.5 Å². The SMILES string of the molecule is COc1cc(Cc2cnc(N)nc2N)cc(C=CC(=O)N2N=Cc3ccccc3C2CCC=C2CCN(OCC[Si](C)(C)C)C2=O)c1OC. The first kappa shape index (κ1) is 35.3. The molecule has 5 rings (SSSR count). The van der Waals surface area contributed by atoms with E-state index in [1.807, 2.05) is 42.5 Å². The van der Waals surface area contributed by atoms with E-state index in [0.29, 0.717) is 67.3 Å². The first-order valence-electron chi connectivity index (χ1n) is 16.4. The van der Waals surface area contributed by atoms with Crippen LogP contribution in [0.5, 0.6) is 11.5 Å². The zero-order valence-electron chi connectivity index (χ0n) is 28.8. The van der Waals surface area contributed by atoms with Gasteiger partial charge in [0.25, 0.3) is 11.8 Å². The molecule has 2 amide bonds. The average molecular weight is 684 g/mol. The fourth-order valence-corrected chi connectivity index (χ4v) is 6.55. The van der Waals surface area contributed by atoms with Crippen LogP contribution in [0.3, 0.4) is 0 Å². The minimum absolute atomic E-state index is 0.0771. The second kappa shape index (κ2) is 15.5. The Morgan fingerprint density at radius 3 is 2.65 bits per heavy atom. The third-order valence-electron chi connectivity index (χ3n) is 8.50. The summed E-state index contributed by atoms with van der Waals surface area (Å²) in [5.74, 6) is 0.994. The van der Waals surface area contributed by atoms with Crippen molar-refractivity contribution in [3.05, 3.63) is 88.1 Å². The van der Waals surface area contributed by atoms with Gasteiger partial charge in [-0.05, 0) is 60.2 Å². The van der Waals surface area contributed by atoms with Gasteiger partial charge >= 0.3 is 0 Å². The van der Waals surface area contributed by atoms with Crippen molar-refractivity contribution in [3.8, 4) is 11.5 Å². The lowest BCUT2D eigenvalue weighted by Crippen LogP contribution is -2.32. The summed E-state index contributed by atoms with van der Waals surface area (Å²) in [6.45, 7) is 7.97. The number of hydrazone groups is 1. The van der Waals surface area contributed by atoms with Gasteiger partial charge in [0.2, 0.25) is 5.95 Å². The molecular formula is C36H45N7O5Si. The molecule has 1 aromatic heterocycles. The molecule has 12 nitrogen and oxygen atoms in total. The summed E-state index contributed by atoms with van der Waals surface area (Å²) < 4.78 is 11.3. The van der Waals surface area contributed by atoms with Crippen LogP contribution >= 0.6 is 0 Å². The molecule has 3 heterocycles. The Hall–Kier alpha value is -5.01. The second-order valence-corrected chi connectivity index (χ2v) is 18.9. The number of methoxy groups -OCH3 is 2. The minimum Gasteiger partial charge on any atom is -0.493 e. The van der Waals surface area contributed by atoms with Crippen LogP contribution in [-0.2, 0) is 20.8 Å². The molecule has 0 radical (unpaired) electrons. The van der Waals surface area contributed by atoms with Crippen molar-refractivity contribution in [3.63, 3.8) is 0 Å². The highest BCUT2D eigenvalue weighted by atomic mass is 28.3. The molecule has 0 saturated carbocycles. The Morgan fingerprint density at radius 1 is 1.12 bits per heavy atom. The van der Waals surface area contributed by atoms with Gasteiger partial charge in [-0.1, -0.05) is 50.0 Å². The number of amides is 2. The number of hydrogen-bond acceptors (Lipinski definition) is 10. The molecule has 2 aliphatic rings. The number of carbonyl (C=O) groups is 2. The molecule has 1 fully saturated rings. The molecule has 3 aromatic rings. The maximum atomic E-state index is 13.8. The predicted octanol–water partition coefficient (Wildman–Crippen LogP) is 5.39. The van der Waals surface area contributed by atoms with Gasteiger partial charge in [-0.15, -0.1) is 0 Å². The molecule has 1 saturated heterocycles. The minimum atomic E-state index is -1.26. The number of anilines is 2. The van der Waals surface area contributed by atoms with Crippen molar-refractivity contribution >= 4 is 43.9 Å². The second-order valence-electron chi connectivity index (χ2n) is 13.2. The van der Waals surface area contributed by atoms with E-state index < -0.39 is 8.07 Å². The van der Waals surface area contributed by atoms with Crippen molar-refractivity contribution in [1.29, 1.82) is 0 Å². The van der Waals surface area contributed by atoms with Crippen LogP contribution in [0.25, 0.3) is 6.08 Å². The number of allylic oxidation sites excluding steroid dienone is 1. The molecule has 1 atom stereocenters. The van der Waals surface area contributed by atoms with E-state index >= 15 is 0 Å². The van der Waals surface area contributed by atoms with Crippen molar-refractivity contribution in [1.82, 2.24) is 20.0 Å². The van der Waals surface area contributed by atoms with E-state index in [9.17, 15) is 9.59 Å². The van der Waals surface area contributed by atoms with Gasteiger partial charge in [-0.3, -0.25) is 14.4 Å². The van der Waals surface area contributed by atoms with Crippen LogP contribution in [0.2, 0.25) is 25.7 Å². The van der Waals surface area contributed by atoms with Crippen molar-refractivity contribution < 1.29 is 23.9 Å². The van der Waals surface area contributed by atoms with Crippen LogP contribution < -0.4 is 20.9 Å². The Balaban J connectivity index is 1.33. The lowest BCUT2D eigenvalue weighted by molar-refractivity contribution is -0.173. The van der Waals surface area contributed by atoms with Crippen LogP contribution in [0.1, 0.15) is 53.1 Å². The normalized spacial score (nSPS) is 16.9. The topological polar surface area (TPSA) is 158 Å². The maximum Gasteiger partial charge on any atom is 0.273 e. The standard InChI is InChI=1S/C36H45N7O5Si/c1-46-31-21-24(20-28-22-39-36(38)41-34(28)37)19-26(33(31)47-2)13-14-32(44)43-30(29-11-7-6-9-27(29)23-40-43)12-8-10-25-15-16-42(35(25)45)48-17-18-49(3,4)5/h6-7,9-11,13-14,19,21-23,30H,8,12,15-18,20H2,1-5H3,(H4,37,38,39,41). The number of nitrogen functional groups attached to an aromatic ring is 2. The highest BCUT2D eigenvalue weighted by Crippen LogP contribution is 2.36. The number of fused-ring (bicyclic) bond motifs is 1. The third-order valence-corrected chi connectivity index (χ3v) is 10.2. The molecule has 0 spiro atoms. The molecule has 1 unspecified atom stereocenters. The van der Waals surface area contributed by atoms with Crippen molar-refractivity contribution in [2.75, 3.05) is 38.8 Å². The Morgan fingerprint density at radius 2 is 1.92 bits per heavy atom.